The van der Waals surface area contributed by atoms with Gasteiger partial charge in [-0.05, 0) is 19.3 Å². The Bertz CT molecular complexity index is 635. The molecule has 1 fully saturated rings. The van der Waals surface area contributed by atoms with Crippen LogP contribution in [0.1, 0.15) is 26.2 Å². The first kappa shape index (κ1) is 15.9. The van der Waals surface area contributed by atoms with Gasteiger partial charge in [0.25, 0.3) is 0 Å². The molecular weight excluding hydrogens is 308 g/mol. The molecule has 0 aliphatic carbocycles. The minimum absolute atomic E-state index is 0.138. The maximum atomic E-state index is 12.0. The number of rotatable bonds is 5. The summed E-state index contributed by atoms with van der Waals surface area (Å²) in [6.45, 7) is 4.58. The molecule has 1 amide bonds. The van der Waals surface area contributed by atoms with Crippen LogP contribution in [0.2, 0.25) is 0 Å². The first-order valence-electron chi connectivity index (χ1n) is 8.19. The van der Waals surface area contributed by atoms with Crippen LogP contribution in [0, 0.1) is 5.92 Å². The number of hydrogen-bond acceptors (Lipinski definition) is 5. The normalized spacial score (nSPS) is 15.6. The maximum Gasteiger partial charge on any atom is 0.223 e. The van der Waals surface area contributed by atoms with Gasteiger partial charge in [0.05, 0.1) is 0 Å². The predicted octanol–water partition coefficient (Wildman–Crippen LogP) is 2.95. The first-order chi connectivity index (χ1) is 11.3. The summed E-state index contributed by atoms with van der Waals surface area (Å²) < 4.78 is 4.47. The molecule has 1 aromatic carbocycles. The van der Waals surface area contributed by atoms with Crippen molar-refractivity contribution in [1.82, 2.24) is 14.7 Å². The SMILES string of the molecule is CCCNC(=O)C1CCN(c2nc(-c3ccccc3)ns2)CC1. The van der Waals surface area contributed by atoms with Gasteiger partial charge in [0, 0.05) is 42.6 Å². The molecule has 0 unspecified atom stereocenters. The lowest BCUT2D eigenvalue weighted by molar-refractivity contribution is -0.125. The van der Waals surface area contributed by atoms with Gasteiger partial charge in [-0.2, -0.15) is 9.36 Å². The number of nitrogens with one attached hydrogen (secondary N) is 1. The van der Waals surface area contributed by atoms with E-state index in [1.807, 2.05) is 30.3 Å². The second kappa shape index (κ2) is 7.55. The highest BCUT2D eigenvalue weighted by Gasteiger charge is 2.26. The van der Waals surface area contributed by atoms with Gasteiger partial charge in [-0.15, -0.1) is 0 Å². The van der Waals surface area contributed by atoms with Crippen molar-refractivity contribution < 1.29 is 4.79 Å². The Morgan fingerprint density at radius 3 is 2.74 bits per heavy atom. The van der Waals surface area contributed by atoms with Crippen LogP contribution in [0.15, 0.2) is 30.3 Å². The number of piperidine rings is 1. The second-order valence-corrected chi connectivity index (χ2v) is 6.55. The zero-order valence-corrected chi connectivity index (χ0v) is 14.2. The average molecular weight is 330 g/mol. The number of carbonyl (C=O) groups is 1. The smallest absolute Gasteiger partial charge is 0.223 e. The largest absolute Gasteiger partial charge is 0.356 e. The number of benzene rings is 1. The first-order valence-corrected chi connectivity index (χ1v) is 8.97. The molecule has 1 aliphatic rings. The van der Waals surface area contributed by atoms with Crippen LogP contribution >= 0.6 is 11.5 Å². The molecule has 1 aliphatic heterocycles. The molecule has 0 atom stereocenters. The summed E-state index contributed by atoms with van der Waals surface area (Å²) >= 11 is 1.44. The third-order valence-electron chi connectivity index (χ3n) is 4.13. The van der Waals surface area contributed by atoms with Crippen molar-refractivity contribution in [2.75, 3.05) is 24.5 Å². The minimum atomic E-state index is 0.138. The third-order valence-corrected chi connectivity index (χ3v) is 4.91. The Kier molecular flexibility index (Phi) is 5.23. The zero-order valence-electron chi connectivity index (χ0n) is 13.4. The number of anilines is 1. The summed E-state index contributed by atoms with van der Waals surface area (Å²) in [4.78, 5) is 18.9. The van der Waals surface area contributed by atoms with Crippen molar-refractivity contribution in [1.29, 1.82) is 0 Å². The van der Waals surface area contributed by atoms with E-state index in [4.69, 9.17) is 0 Å². The Hall–Kier alpha value is -1.95. The van der Waals surface area contributed by atoms with Crippen LogP contribution in [-0.4, -0.2) is 34.9 Å². The quantitative estimate of drug-likeness (QED) is 0.916. The van der Waals surface area contributed by atoms with Gasteiger partial charge in [0.1, 0.15) is 0 Å². The Labute approximate surface area is 140 Å². The second-order valence-electron chi connectivity index (χ2n) is 5.82. The van der Waals surface area contributed by atoms with E-state index >= 15 is 0 Å². The molecule has 0 saturated carbocycles. The van der Waals surface area contributed by atoms with Gasteiger partial charge in [-0.1, -0.05) is 37.3 Å². The van der Waals surface area contributed by atoms with E-state index in [1.165, 1.54) is 11.5 Å². The van der Waals surface area contributed by atoms with E-state index in [1.54, 1.807) is 0 Å². The van der Waals surface area contributed by atoms with Crippen molar-refractivity contribution in [2.45, 2.75) is 26.2 Å². The highest BCUT2D eigenvalue weighted by molar-refractivity contribution is 7.09. The summed E-state index contributed by atoms with van der Waals surface area (Å²) in [5, 5.41) is 3.95. The van der Waals surface area contributed by atoms with Crippen LogP contribution in [0.5, 0.6) is 0 Å². The predicted molar refractivity (Wildman–Crippen MR) is 93.6 cm³/mol. The van der Waals surface area contributed by atoms with Gasteiger partial charge in [0.2, 0.25) is 11.0 Å². The van der Waals surface area contributed by atoms with Crippen molar-refractivity contribution in [3.8, 4) is 11.4 Å². The van der Waals surface area contributed by atoms with Gasteiger partial charge in [-0.3, -0.25) is 4.79 Å². The highest BCUT2D eigenvalue weighted by Crippen LogP contribution is 2.27. The molecule has 0 bridgehead atoms. The molecule has 2 aromatic rings. The Morgan fingerprint density at radius 1 is 1.30 bits per heavy atom. The molecule has 0 spiro atoms. The summed E-state index contributed by atoms with van der Waals surface area (Å²) in [7, 11) is 0. The van der Waals surface area contributed by atoms with Crippen molar-refractivity contribution >= 4 is 22.6 Å². The van der Waals surface area contributed by atoms with Crippen LogP contribution in [0.25, 0.3) is 11.4 Å². The van der Waals surface area contributed by atoms with Crippen molar-refractivity contribution in [2.24, 2.45) is 5.92 Å². The Balaban J connectivity index is 1.58. The molecular formula is C17H22N4OS. The number of nitrogens with zero attached hydrogens (tertiary/aromatic N) is 3. The molecule has 1 aromatic heterocycles. The standard InChI is InChI=1S/C17H22N4OS/c1-2-10-18-16(22)14-8-11-21(12-9-14)17-19-15(20-23-17)13-6-4-3-5-7-13/h3-7,14H,2,8-12H2,1H3,(H,18,22). The molecule has 23 heavy (non-hydrogen) atoms. The van der Waals surface area contributed by atoms with E-state index in [9.17, 15) is 4.79 Å². The number of aromatic nitrogens is 2. The Morgan fingerprint density at radius 2 is 2.04 bits per heavy atom. The van der Waals surface area contributed by atoms with Crippen LogP contribution in [-0.2, 0) is 4.79 Å². The fourth-order valence-corrected chi connectivity index (χ4v) is 3.51. The maximum absolute atomic E-state index is 12.0. The molecule has 5 nitrogen and oxygen atoms in total. The lowest BCUT2D eigenvalue weighted by Crippen LogP contribution is -2.40. The van der Waals surface area contributed by atoms with Gasteiger partial charge in [-0.25, -0.2) is 0 Å². The van der Waals surface area contributed by atoms with Crippen LogP contribution in [0.4, 0.5) is 5.13 Å². The van der Waals surface area contributed by atoms with Crippen LogP contribution in [0.3, 0.4) is 0 Å². The lowest BCUT2D eigenvalue weighted by atomic mass is 9.96. The van der Waals surface area contributed by atoms with Gasteiger partial charge in [0.15, 0.2) is 5.82 Å². The molecule has 6 heteroatoms. The van der Waals surface area contributed by atoms with E-state index in [2.05, 4.69) is 26.5 Å². The number of amides is 1. The number of carbonyl (C=O) groups excluding carboxylic acids is 1. The van der Waals surface area contributed by atoms with Gasteiger partial charge >= 0.3 is 0 Å². The van der Waals surface area contributed by atoms with Crippen molar-refractivity contribution in [3.05, 3.63) is 30.3 Å². The van der Waals surface area contributed by atoms with Gasteiger partial charge < -0.3 is 10.2 Å². The molecule has 1 saturated heterocycles. The van der Waals surface area contributed by atoms with E-state index < -0.39 is 0 Å². The summed E-state index contributed by atoms with van der Waals surface area (Å²) in [6.07, 6.45) is 2.75. The minimum Gasteiger partial charge on any atom is -0.356 e. The molecule has 1 N–H and O–H groups in total. The highest BCUT2D eigenvalue weighted by atomic mass is 32.1. The van der Waals surface area contributed by atoms with E-state index in [-0.39, 0.29) is 11.8 Å². The van der Waals surface area contributed by atoms with E-state index in [0.717, 1.165) is 55.4 Å². The topological polar surface area (TPSA) is 58.1 Å². The summed E-state index contributed by atoms with van der Waals surface area (Å²) in [5.41, 5.74) is 1.05. The summed E-state index contributed by atoms with van der Waals surface area (Å²) in [5.74, 6) is 1.13. The molecule has 122 valence electrons. The number of hydrogen-bond donors (Lipinski definition) is 1. The molecule has 3 rings (SSSR count). The molecule has 0 radical (unpaired) electrons. The fourth-order valence-electron chi connectivity index (χ4n) is 2.77. The zero-order chi connectivity index (χ0) is 16.1. The van der Waals surface area contributed by atoms with Crippen LogP contribution < -0.4 is 10.2 Å². The monoisotopic (exact) mass is 330 g/mol. The van der Waals surface area contributed by atoms with Crippen molar-refractivity contribution in [3.63, 3.8) is 0 Å². The average Bonchev–Trinajstić information content (AvgIpc) is 3.11. The third kappa shape index (κ3) is 3.88. The fraction of sp³-hybridized carbons (Fsp3) is 0.471. The van der Waals surface area contributed by atoms with E-state index in [0.29, 0.717) is 0 Å². The lowest BCUT2D eigenvalue weighted by Gasteiger charge is -2.30. The summed E-state index contributed by atoms with van der Waals surface area (Å²) in [6, 6.07) is 10.0. The molecule has 2 heterocycles.